The molecule has 4 nitrogen and oxygen atoms in total. The molecule has 0 saturated carbocycles. The van der Waals surface area contributed by atoms with Crippen LogP contribution in [0.1, 0.15) is 36.5 Å². The number of carbonyl (C=O) groups excluding carboxylic acids is 1. The normalized spacial score (nSPS) is 12.0. The van der Waals surface area contributed by atoms with Crippen LogP contribution in [0.15, 0.2) is 103 Å². The van der Waals surface area contributed by atoms with E-state index in [1.54, 1.807) is 6.92 Å². The highest BCUT2D eigenvalue weighted by Crippen LogP contribution is 2.42. The molecule has 0 bridgehead atoms. The van der Waals surface area contributed by atoms with Gasteiger partial charge in [0.25, 0.3) is 0 Å². The summed E-state index contributed by atoms with van der Waals surface area (Å²) in [5.41, 5.74) is 2.84. The van der Waals surface area contributed by atoms with Crippen molar-refractivity contribution in [3.63, 3.8) is 0 Å². The van der Waals surface area contributed by atoms with Crippen LogP contribution in [0.25, 0.3) is 0 Å². The molecule has 0 aliphatic heterocycles. The number of nitrogens with one attached hydrogen (secondary N) is 1. The number of benzene rings is 3. The van der Waals surface area contributed by atoms with Crippen molar-refractivity contribution < 1.29 is 14.7 Å². The lowest BCUT2D eigenvalue weighted by Crippen LogP contribution is -2.44. The Kier molecular flexibility index (Phi) is 7.03. The molecule has 2 N–H and O–H groups in total. The fraction of sp³-hybridized carbons (Fsp3) is 0.185. The van der Waals surface area contributed by atoms with Gasteiger partial charge in [-0.15, -0.1) is 6.58 Å². The Morgan fingerprint density at radius 3 is 1.55 bits per heavy atom. The molecule has 0 heterocycles. The maximum atomic E-state index is 13.3. The van der Waals surface area contributed by atoms with E-state index in [2.05, 4.69) is 11.9 Å². The van der Waals surface area contributed by atoms with Gasteiger partial charge in [0.2, 0.25) is 5.91 Å². The van der Waals surface area contributed by atoms with E-state index in [1.165, 1.54) is 0 Å². The third kappa shape index (κ3) is 5.10. The highest BCUT2D eigenvalue weighted by atomic mass is 16.4. The average molecular weight is 414 g/mol. The SMILES string of the molecule is C=C(C)C[C@H](NC(=O)CC(c1ccccc1)(c1ccccc1)c1ccccc1)C(=O)O. The molecule has 3 aromatic rings. The molecule has 3 rings (SSSR count). The number of hydrogen-bond acceptors (Lipinski definition) is 2. The lowest BCUT2D eigenvalue weighted by Gasteiger charge is -2.36. The van der Waals surface area contributed by atoms with Gasteiger partial charge in [0, 0.05) is 6.42 Å². The van der Waals surface area contributed by atoms with Gasteiger partial charge in [-0.25, -0.2) is 4.79 Å². The fourth-order valence-corrected chi connectivity index (χ4v) is 4.01. The zero-order chi connectivity index (χ0) is 22.3. The van der Waals surface area contributed by atoms with E-state index < -0.39 is 17.4 Å². The van der Waals surface area contributed by atoms with Crippen molar-refractivity contribution >= 4 is 11.9 Å². The first kappa shape index (κ1) is 22.0. The Balaban J connectivity index is 2.11. The van der Waals surface area contributed by atoms with Crippen LogP contribution in [-0.2, 0) is 15.0 Å². The lowest BCUT2D eigenvalue weighted by atomic mass is 9.67. The van der Waals surface area contributed by atoms with Gasteiger partial charge in [-0.2, -0.15) is 0 Å². The first-order chi connectivity index (χ1) is 14.9. The zero-order valence-corrected chi connectivity index (χ0v) is 17.6. The van der Waals surface area contributed by atoms with E-state index in [1.807, 2.05) is 91.0 Å². The van der Waals surface area contributed by atoms with Crippen LogP contribution in [0.4, 0.5) is 0 Å². The Bertz CT molecular complexity index is 933. The maximum absolute atomic E-state index is 13.3. The van der Waals surface area contributed by atoms with Crippen molar-refractivity contribution in [2.75, 3.05) is 0 Å². The second kappa shape index (κ2) is 9.90. The maximum Gasteiger partial charge on any atom is 0.326 e. The fourth-order valence-electron chi connectivity index (χ4n) is 4.01. The molecule has 4 heteroatoms. The molecular weight excluding hydrogens is 386 g/mol. The second-order valence-corrected chi connectivity index (χ2v) is 7.80. The number of amides is 1. The summed E-state index contributed by atoms with van der Waals surface area (Å²) in [7, 11) is 0. The van der Waals surface area contributed by atoms with Crippen molar-refractivity contribution in [1.29, 1.82) is 0 Å². The van der Waals surface area contributed by atoms with Crippen LogP contribution in [0.2, 0.25) is 0 Å². The minimum absolute atomic E-state index is 0.0744. The van der Waals surface area contributed by atoms with Crippen LogP contribution >= 0.6 is 0 Å². The van der Waals surface area contributed by atoms with Crippen molar-refractivity contribution in [1.82, 2.24) is 5.32 Å². The van der Waals surface area contributed by atoms with Crippen LogP contribution in [-0.4, -0.2) is 23.0 Å². The van der Waals surface area contributed by atoms with Gasteiger partial charge in [0.1, 0.15) is 6.04 Å². The van der Waals surface area contributed by atoms with Crippen molar-refractivity contribution in [2.24, 2.45) is 0 Å². The van der Waals surface area contributed by atoms with Gasteiger partial charge < -0.3 is 10.4 Å². The molecule has 0 unspecified atom stereocenters. The van der Waals surface area contributed by atoms with Gasteiger partial charge in [0.05, 0.1) is 5.41 Å². The van der Waals surface area contributed by atoms with Crippen LogP contribution in [0.5, 0.6) is 0 Å². The molecule has 0 aliphatic carbocycles. The average Bonchev–Trinajstić information content (AvgIpc) is 2.78. The molecule has 0 radical (unpaired) electrons. The van der Waals surface area contributed by atoms with E-state index >= 15 is 0 Å². The van der Waals surface area contributed by atoms with Crippen molar-refractivity contribution in [3.8, 4) is 0 Å². The van der Waals surface area contributed by atoms with Gasteiger partial charge >= 0.3 is 5.97 Å². The summed E-state index contributed by atoms with van der Waals surface area (Å²) in [6.45, 7) is 5.54. The third-order valence-electron chi connectivity index (χ3n) is 5.41. The van der Waals surface area contributed by atoms with E-state index in [0.717, 1.165) is 16.7 Å². The second-order valence-electron chi connectivity index (χ2n) is 7.80. The van der Waals surface area contributed by atoms with Crippen LogP contribution in [0, 0.1) is 0 Å². The molecule has 158 valence electrons. The summed E-state index contributed by atoms with van der Waals surface area (Å²) in [5.74, 6) is -1.40. The predicted molar refractivity (Wildman–Crippen MR) is 123 cm³/mol. The molecule has 0 saturated heterocycles. The molecule has 0 spiro atoms. The number of carbonyl (C=O) groups is 2. The van der Waals surface area contributed by atoms with E-state index in [4.69, 9.17) is 0 Å². The topological polar surface area (TPSA) is 66.4 Å². The molecule has 1 amide bonds. The molecule has 0 aliphatic rings. The summed E-state index contributed by atoms with van der Waals surface area (Å²) in [6.07, 6.45) is 0.265. The first-order valence-corrected chi connectivity index (χ1v) is 10.3. The summed E-state index contributed by atoms with van der Waals surface area (Å²) in [6, 6.07) is 28.6. The van der Waals surface area contributed by atoms with Gasteiger partial charge in [0.15, 0.2) is 0 Å². The minimum Gasteiger partial charge on any atom is -0.480 e. The Morgan fingerprint density at radius 1 is 0.839 bits per heavy atom. The molecule has 31 heavy (non-hydrogen) atoms. The van der Waals surface area contributed by atoms with Gasteiger partial charge in [-0.3, -0.25) is 4.79 Å². The molecule has 3 aromatic carbocycles. The van der Waals surface area contributed by atoms with Gasteiger partial charge in [-0.1, -0.05) is 96.6 Å². The monoisotopic (exact) mass is 413 g/mol. The predicted octanol–water partition coefficient (Wildman–Crippen LogP) is 4.95. The number of rotatable bonds is 9. The number of aliphatic carboxylic acids is 1. The lowest BCUT2D eigenvalue weighted by molar-refractivity contribution is -0.141. The number of carboxylic acid groups (broad SMARTS) is 1. The third-order valence-corrected chi connectivity index (χ3v) is 5.41. The van der Waals surface area contributed by atoms with Gasteiger partial charge in [-0.05, 0) is 30.0 Å². The molecule has 0 fully saturated rings. The summed E-state index contributed by atoms with van der Waals surface area (Å²) < 4.78 is 0. The highest BCUT2D eigenvalue weighted by molar-refractivity contribution is 5.85. The highest BCUT2D eigenvalue weighted by Gasteiger charge is 2.39. The Labute approximate surface area is 183 Å². The Morgan fingerprint density at radius 2 is 1.23 bits per heavy atom. The first-order valence-electron chi connectivity index (χ1n) is 10.3. The van der Waals surface area contributed by atoms with Crippen molar-refractivity contribution in [2.45, 2.75) is 31.2 Å². The van der Waals surface area contributed by atoms with Crippen LogP contribution in [0.3, 0.4) is 0 Å². The van der Waals surface area contributed by atoms with E-state index in [-0.39, 0.29) is 18.7 Å². The van der Waals surface area contributed by atoms with Crippen LogP contribution < -0.4 is 5.32 Å². The van der Waals surface area contributed by atoms with E-state index in [0.29, 0.717) is 5.57 Å². The molecular formula is C27H27NO3. The zero-order valence-electron chi connectivity index (χ0n) is 17.6. The number of carboxylic acids is 1. The largest absolute Gasteiger partial charge is 0.480 e. The molecule has 0 aromatic heterocycles. The summed E-state index contributed by atoms with van der Waals surface area (Å²) in [5, 5.41) is 12.3. The quantitative estimate of drug-likeness (QED) is 0.385. The van der Waals surface area contributed by atoms with E-state index in [9.17, 15) is 14.7 Å². The minimum atomic E-state index is -1.07. The number of hydrogen-bond donors (Lipinski definition) is 2. The summed E-state index contributed by atoms with van der Waals surface area (Å²) >= 11 is 0. The van der Waals surface area contributed by atoms with Crippen molar-refractivity contribution in [3.05, 3.63) is 120 Å². The molecule has 1 atom stereocenters. The standard InChI is InChI=1S/C27H27NO3/c1-20(2)18-24(26(30)31)28-25(29)19-27(21-12-6-3-7-13-21,22-14-8-4-9-15-22)23-16-10-5-11-17-23/h3-17,24H,1,18-19H2,2H3,(H,28,29)(H,30,31)/t24-/m0/s1. The Hall–Kier alpha value is -3.66. The summed E-state index contributed by atoms with van der Waals surface area (Å²) in [4.78, 5) is 25.0. The smallest absolute Gasteiger partial charge is 0.326 e.